The largest absolute Gasteiger partial charge is 0.497 e. The maximum atomic E-state index is 14.5. The Labute approximate surface area is 241 Å². The Hall–Kier alpha value is -4.72. The van der Waals surface area contributed by atoms with Crippen molar-refractivity contribution in [2.45, 2.75) is 32.7 Å². The van der Waals surface area contributed by atoms with Crippen LogP contribution in [-0.4, -0.2) is 48.7 Å². The topological polar surface area (TPSA) is 76.0 Å². The van der Waals surface area contributed by atoms with E-state index in [1.807, 2.05) is 92.0 Å². The number of methoxy groups -OCH3 is 2. The molecule has 3 amide bonds. The van der Waals surface area contributed by atoms with E-state index in [9.17, 15) is 9.59 Å². The van der Waals surface area contributed by atoms with Gasteiger partial charge >= 0.3 is 6.03 Å². The van der Waals surface area contributed by atoms with Gasteiger partial charge in [-0.05, 0) is 67.4 Å². The third-order valence-electron chi connectivity index (χ3n) is 7.50. The number of unbranched alkanes of at least 4 members (excludes halogenated alkanes) is 1. The number of para-hydroxylation sites is 3. The van der Waals surface area contributed by atoms with Gasteiger partial charge in [0.05, 0.1) is 31.3 Å². The fourth-order valence-corrected chi connectivity index (χ4v) is 5.36. The molecular weight excluding hydrogens is 516 g/mol. The van der Waals surface area contributed by atoms with Crippen LogP contribution in [0.3, 0.4) is 0 Å². The molecule has 0 fully saturated rings. The molecule has 212 valence electrons. The number of nitrogens with zero attached hydrogens (tertiary/aromatic N) is 3. The van der Waals surface area contributed by atoms with Crippen molar-refractivity contribution in [3.8, 4) is 17.2 Å². The van der Waals surface area contributed by atoms with Crippen LogP contribution in [-0.2, 0) is 4.79 Å². The lowest BCUT2D eigenvalue weighted by Crippen LogP contribution is -2.48. The molecule has 41 heavy (non-hydrogen) atoms. The highest BCUT2D eigenvalue weighted by Crippen LogP contribution is 2.45. The first-order valence-electron chi connectivity index (χ1n) is 13.9. The number of nitrogens with one attached hydrogen (secondary N) is 1. The molecule has 1 aliphatic heterocycles. The van der Waals surface area contributed by atoms with Crippen molar-refractivity contribution in [2.24, 2.45) is 0 Å². The van der Waals surface area contributed by atoms with Gasteiger partial charge in [0.2, 0.25) is 5.91 Å². The van der Waals surface area contributed by atoms with Gasteiger partial charge in [0, 0.05) is 24.0 Å². The second kappa shape index (κ2) is 12.2. The molecule has 3 aromatic carbocycles. The predicted molar refractivity (Wildman–Crippen MR) is 161 cm³/mol. The SMILES string of the molecule is CCCCN(CC(=O)N1c2ccccc2-n2cccc2C1c1cc(OC)ccc1OC)C(=O)Nc1ccccc1C. The van der Waals surface area contributed by atoms with Crippen LogP contribution in [0.25, 0.3) is 5.69 Å². The number of aromatic nitrogens is 1. The Morgan fingerprint density at radius 1 is 0.927 bits per heavy atom. The third-order valence-corrected chi connectivity index (χ3v) is 7.50. The van der Waals surface area contributed by atoms with Gasteiger partial charge in [0.1, 0.15) is 24.1 Å². The van der Waals surface area contributed by atoms with Crippen LogP contribution in [0.15, 0.2) is 85.1 Å². The molecule has 5 rings (SSSR count). The number of urea groups is 1. The Morgan fingerprint density at radius 2 is 1.68 bits per heavy atom. The minimum Gasteiger partial charge on any atom is -0.497 e. The molecule has 0 aliphatic carbocycles. The summed E-state index contributed by atoms with van der Waals surface area (Å²) in [6, 6.07) is 24.2. The van der Waals surface area contributed by atoms with E-state index in [2.05, 4.69) is 16.8 Å². The second-order valence-corrected chi connectivity index (χ2v) is 10.1. The van der Waals surface area contributed by atoms with Crippen molar-refractivity contribution >= 4 is 23.3 Å². The van der Waals surface area contributed by atoms with Crippen LogP contribution in [0.4, 0.5) is 16.2 Å². The molecule has 1 atom stereocenters. The van der Waals surface area contributed by atoms with E-state index in [0.717, 1.165) is 46.7 Å². The molecule has 1 aliphatic rings. The van der Waals surface area contributed by atoms with E-state index in [1.54, 1.807) is 24.0 Å². The fourth-order valence-electron chi connectivity index (χ4n) is 5.36. The van der Waals surface area contributed by atoms with Crippen molar-refractivity contribution in [2.75, 3.05) is 37.5 Å². The molecule has 1 unspecified atom stereocenters. The molecule has 2 heterocycles. The number of aryl methyl sites for hydroxylation is 1. The molecule has 8 heteroatoms. The van der Waals surface area contributed by atoms with Gasteiger partial charge in [-0.1, -0.05) is 43.7 Å². The molecule has 1 N–H and O–H groups in total. The number of fused-ring (bicyclic) bond motifs is 3. The summed E-state index contributed by atoms with van der Waals surface area (Å²) in [6.07, 6.45) is 3.67. The number of benzene rings is 3. The summed E-state index contributed by atoms with van der Waals surface area (Å²) < 4.78 is 13.4. The molecule has 0 bridgehead atoms. The molecular formula is C33H36N4O4. The zero-order valence-electron chi connectivity index (χ0n) is 24.0. The van der Waals surface area contributed by atoms with E-state index in [0.29, 0.717) is 18.0 Å². The lowest BCUT2D eigenvalue weighted by Gasteiger charge is -2.40. The van der Waals surface area contributed by atoms with Gasteiger partial charge < -0.3 is 24.3 Å². The van der Waals surface area contributed by atoms with E-state index in [1.165, 1.54) is 0 Å². The van der Waals surface area contributed by atoms with Crippen molar-refractivity contribution < 1.29 is 19.1 Å². The van der Waals surface area contributed by atoms with Crippen LogP contribution in [0, 0.1) is 6.92 Å². The van der Waals surface area contributed by atoms with Crippen LogP contribution in [0.5, 0.6) is 11.5 Å². The monoisotopic (exact) mass is 552 g/mol. The Morgan fingerprint density at radius 3 is 2.41 bits per heavy atom. The van der Waals surface area contributed by atoms with Gasteiger partial charge in [0.25, 0.3) is 0 Å². The second-order valence-electron chi connectivity index (χ2n) is 10.1. The summed E-state index contributed by atoms with van der Waals surface area (Å²) in [6.45, 7) is 4.39. The predicted octanol–water partition coefficient (Wildman–Crippen LogP) is 6.57. The molecule has 4 aromatic rings. The number of hydrogen-bond donors (Lipinski definition) is 1. The van der Waals surface area contributed by atoms with Gasteiger partial charge in [-0.25, -0.2) is 4.79 Å². The average molecular weight is 553 g/mol. The van der Waals surface area contributed by atoms with E-state index < -0.39 is 6.04 Å². The Bertz CT molecular complexity index is 1550. The van der Waals surface area contributed by atoms with Crippen molar-refractivity contribution in [1.82, 2.24) is 9.47 Å². The van der Waals surface area contributed by atoms with E-state index in [-0.39, 0.29) is 18.5 Å². The summed E-state index contributed by atoms with van der Waals surface area (Å²) >= 11 is 0. The number of amides is 3. The zero-order chi connectivity index (χ0) is 28.9. The normalized spacial score (nSPS) is 13.7. The van der Waals surface area contributed by atoms with Gasteiger partial charge in [0.15, 0.2) is 0 Å². The van der Waals surface area contributed by atoms with Gasteiger partial charge in [-0.15, -0.1) is 0 Å². The highest BCUT2D eigenvalue weighted by molar-refractivity contribution is 6.01. The van der Waals surface area contributed by atoms with E-state index in [4.69, 9.17) is 9.47 Å². The number of carbonyl (C=O) groups is 2. The smallest absolute Gasteiger partial charge is 0.322 e. The van der Waals surface area contributed by atoms with Gasteiger partial charge in [-0.3, -0.25) is 9.69 Å². The van der Waals surface area contributed by atoms with E-state index >= 15 is 0 Å². The summed E-state index contributed by atoms with van der Waals surface area (Å²) in [5, 5.41) is 3.01. The van der Waals surface area contributed by atoms with Crippen LogP contribution in [0.2, 0.25) is 0 Å². The first kappa shape index (κ1) is 27.8. The summed E-state index contributed by atoms with van der Waals surface area (Å²) in [5.41, 5.74) is 5.03. The molecule has 1 aromatic heterocycles. The number of rotatable bonds is 9. The minimum atomic E-state index is -0.509. The molecule has 0 saturated heterocycles. The van der Waals surface area contributed by atoms with Crippen LogP contribution >= 0.6 is 0 Å². The third kappa shape index (κ3) is 5.50. The maximum Gasteiger partial charge on any atom is 0.322 e. The van der Waals surface area contributed by atoms with Crippen LogP contribution in [0.1, 0.15) is 42.6 Å². The molecule has 8 nitrogen and oxygen atoms in total. The highest BCUT2D eigenvalue weighted by atomic mass is 16.5. The number of ether oxygens (including phenoxy) is 2. The number of anilines is 2. The summed E-state index contributed by atoms with van der Waals surface area (Å²) in [4.78, 5) is 31.4. The number of hydrogen-bond acceptors (Lipinski definition) is 4. The quantitative estimate of drug-likeness (QED) is 0.255. The van der Waals surface area contributed by atoms with Gasteiger partial charge in [-0.2, -0.15) is 0 Å². The molecule has 0 saturated carbocycles. The Kier molecular flexibility index (Phi) is 8.29. The lowest BCUT2D eigenvalue weighted by atomic mass is 9.96. The molecule has 0 spiro atoms. The first-order valence-corrected chi connectivity index (χ1v) is 13.9. The van der Waals surface area contributed by atoms with Crippen LogP contribution < -0.4 is 19.7 Å². The van der Waals surface area contributed by atoms with Crippen molar-refractivity contribution in [1.29, 1.82) is 0 Å². The zero-order valence-corrected chi connectivity index (χ0v) is 24.0. The highest BCUT2D eigenvalue weighted by Gasteiger charge is 2.38. The fraction of sp³-hybridized carbons (Fsp3) is 0.273. The average Bonchev–Trinajstić information content (AvgIpc) is 3.49. The maximum absolute atomic E-state index is 14.5. The summed E-state index contributed by atoms with van der Waals surface area (Å²) in [7, 11) is 3.24. The Balaban J connectivity index is 1.56. The lowest BCUT2D eigenvalue weighted by molar-refractivity contribution is -0.119. The standard InChI is InChI=1S/C33H36N4O4/c1-5-6-19-35(33(39)34-26-13-8-7-12-23(26)2)22-31(38)37-28-15-10-9-14-27(28)36-20-11-16-29(36)32(37)25-21-24(40-3)17-18-30(25)41-4/h7-18,20-21,32H,5-6,19,22H2,1-4H3,(H,34,39). The molecule has 0 radical (unpaired) electrons. The summed E-state index contributed by atoms with van der Waals surface area (Å²) in [5.74, 6) is 1.10. The van der Waals surface area contributed by atoms with Crippen molar-refractivity contribution in [3.63, 3.8) is 0 Å². The van der Waals surface area contributed by atoms with Crippen molar-refractivity contribution in [3.05, 3.63) is 102 Å². The first-order chi connectivity index (χ1) is 20.0. The minimum absolute atomic E-state index is 0.0878. The number of carbonyl (C=O) groups excluding carboxylic acids is 2.